The van der Waals surface area contributed by atoms with Crippen LogP contribution < -0.4 is 31.5 Å². The molecule has 2 amide bonds. The molecular formula is C52H68BrN6O12PS. The minimum atomic E-state index is -4.04. The van der Waals surface area contributed by atoms with Crippen LogP contribution in [-0.2, 0) is 28.2 Å². The summed E-state index contributed by atoms with van der Waals surface area (Å²) in [4.78, 5) is 67.7. The summed E-state index contributed by atoms with van der Waals surface area (Å²) in [7, 11) is -2.84. The van der Waals surface area contributed by atoms with Gasteiger partial charge in [0.2, 0.25) is 5.91 Å². The van der Waals surface area contributed by atoms with Gasteiger partial charge in [-0.05, 0) is 121 Å². The highest BCUT2D eigenvalue weighted by atomic mass is 79.9. The van der Waals surface area contributed by atoms with Crippen LogP contribution in [0.2, 0.25) is 0 Å². The second kappa shape index (κ2) is 25.9. The van der Waals surface area contributed by atoms with Crippen molar-refractivity contribution in [2.75, 3.05) is 32.6 Å². The van der Waals surface area contributed by atoms with Crippen molar-refractivity contribution in [1.29, 1.82) is 0 Å². The highest BCUT2D eigenvalue weighted by Crippen LogP contribution is 2.46. The lowest BCUT2D eigenvalue weighted by molar-refractivity contribution is -0.142. The van der Waals surface area contributed by atoms with Crippen LogP contribution in [-0.4, -0.2) is 111 Å². The predicted octanol–water partition coefficient (Wildman–Crippen LogP) is 7.16. The van der Waals surface area contributed by atoms with Crippen molar-refractivity contribution in [3.8, 4) is 11.5 Å². The summed E-state index contributed by atoms with van der Waals surface area (Å²) in [5.41, 5.74) is -0.212. The van der Waals surface area contributed by atoms with E-state index in [0.717, 1.165) is 35.2 Å². The number of fused-ring (bicyclic) bond motifs is 1. The first-order chi connectivity index (χ1) is 34.6. The zero-order valence-corrected chi connectivity index (χ0v) is 45.5. The number of likely N-dealkylation sites (tertiary alicyclic amines) is 1. The van der Waals surface area contributed by atoms with Crippen LogP contribution in [0.4, 0.5) is 0 Å². The quantitative estimate of drug-likeness (QED) is 0.0251. The van der Waals surface area contributed by atoms with E-state index in [0.29, 0.717) is 40.8 Å². The first-order valence-electron chi connectivity index (χ1n) is 24.3. The van der Waals surface area contributed by atoms with E-state index in [1.54, 1.807) is 80.2 Å². The summed E-state index contributed by atoms with van der Waals surface area (Å²) < 4.78 is 36.9. The van der Waals surface area contributed by atoms with Crippen molar-refractivity contribution < 1.29 is 47.7 Å². The van der Waals surface area contributed by atoms with Crippen molar-refractivity contribution in [2.24, 2.45) is 11.8 Å². The smallest absolute Gasteiger partial charge is 0.459 e. The summed E-state index contributed by atoms with van der Waals surface area (Å²) in [6, 6.07) is 19.5. The molecule has 396 valence electrons. The highest BCUT2D eigenvalue weighted by Gasteiger charge is 2.42. The van der Waals surface area contributed by atoms with Gasteiger partial charge in [-0.2, -0.15) is 5.09 Å². The largest absolute Gasteiger partial charge is 0.508 e. The van der Waals surface area contributed by atoms with E-state index in [2.05, 4.69) is 46.3 Å². The molecule has 1 saturated heterocycles. The summed E-state index contributed by atoms with van der Waals surface area (Å²) in [6.45, 7) is 11.6. The Labute approximate surface area is 438 Å². The Hall–Kier alpha value is -5.05. The Morgan fingerprint density at radius 2 is 1.68 bits per heavy atom. The highest BCUT2D eigenvalue weighted by molar-refractivity contribution is 9.10. The van der Waals surface area contributed by atoms with Gasteiger partial charge in [0.15, 0.2) is 6.23 Å². The number of methoxy groups -OCH3 is 1. The number of carbonyl (C=O) groups is 3. The zero-order valence-electron chi connectivity index (χ0n) is 42.2. The first kappa shape index (κ1) is 57.2. The number of phenols is 1. The van der Waals surface area contributed by atoms with E-state index in [1.807, 2.05) is 51.1 Å². The third-order valence-electron chi connectivity index (χ3n) is 12.8. The molecule has 2 fully saturated rings. The number of hydrogen-bond acceptors (Lipinski definition) is 14. The maximum atomic E-state index is 13.5. The second-order valence-electron chi connectivity index (χ2n) is 19.6. The van der Waals surface area contributed by atoms with Crippen molar-refractivity contribution >= 4 is 53.2 Å². The number of amides is 2. The van der Waals surface area contributed by atoms with E-state index in [4.69, 9.17) is 13.8 Å². The fourth-order valence-corrected chi connectivity index (χ4v) is 11.7. The summed E-state index contributed by atoms with van der Waals surface area (Å²) >= 11 is 4.88. The Morgan fingerprint density at radius 1 is 0.986 bits per heavy atom. The molecule has 1 aromatic heterocycles. The Balaban J connectivity index is 0.000000243. The molecule has 1 unspecified atom stereocenters. The van der Waals surface area contributed by atoms with Crippen molar-refractivity contribution in [2.45, 2.75) is 121 Å². The maximum Gasteiger partial charge on any atom is 0.459 e. The maximum absolute atomic E-state index is 13.5. The minimum Gasteiger partial charge on any atom is -0.508 e. The lowest BCUT2D eigenvalue weighted by atomic mass is 9.72. The molecule has 21 heteroatoms. The third kappa shape index (κ3) is 16.5. The van der Waals surface area contributed by atoms with Gasteiger partial charge < -0.3 is 34.8 Å². The molecule has 4 aromatic rings. The van der Waals surface area contributed by atoms with Gasteiger partial charge in [-0.25, -0.2) is 9.36 Å². The number of nitrogens with zero attached hydrogens (tertiary/aromatic N) is 2. The number of β-amino-alcohol motifs (C(OH)–C–C–N with tert-alkyl or cyclic N) is 1. The molecule has 1 saturated carbocycles. The standard InChI is InChI=1S/C32H45N3O4S.C20H23BrN3O8P/c1-21-25(15-10-16-28(21)36)30(38)33-26(20-40-24-13-6-5-7-14-24)29(37)19-35-18-23-12-9-8-11-22(23)17-27(35)31(39)34-32(2,3)4;1-12-10-24(20(27)22-18(12)25)17-9-8-16(31-17)11-30-33(28,23-13(2)19(26)29-3)32-15-6-4-14(21)5-7-15/h5-7,10,13-16,22-23,26-27,29,36-37H,8-9,11-12,17-20H2,1-4H3,(H,33,38)(H,34,39);4-10,13,16-17H,11H2,1-3H3,(H,23,28)(H,22,25,27)/t22-,23+,26-,27-,29+;13-,16-,17+,33?/m00/s1. The monoisotopic (exact) mass is 1110 g/mol. The van der Waals surface area contributed by atoms with Crippen LogP contribution in [0.25, 0.3) is 0 Å². The lowest BCUT2D eigenvalue weighted by Crippen LogP contribution is -2.60. The molecular weight excluding hydrogens is 1040 g/mol. The van der Waals surface area contributed by atoms with E-state index in [9.17, 15) is 38.8 Å². The molecule has 6 N–H and O–H groups in total. The average Bonchev–Trinajstić information content (AvgIpc) is 3.83. The van der Waals surface area contributed by atoms with Crippen LogP contribution in [0.15, 0.2) is 110 Å². The number of halogens is 1. The number of H-pyrrole nitrogens is 1. The molecule has 73 heavy (non-hydrogen) atoms. The number of aromatic nitrogens is 2. The number of nitrogens with one attached hydrogen (secondary N) is 4. The number of rotatable bonds is 18. The number of benzene rings is 3. The number of hydrogen-bond donors (Lipinski definition) is 6. The molecule has 3 aliphatic rings. The van der Waals surface area contributed by atoms with Crippen molar-refractivity contribution in [1.82, 2.24) is 30.2 Å². The predicted molar refractivity (Wildman–Crippen MR) is 283 cm³/mol. The number of esters is 1. The van der Waals surface area contributed by atoms with Crippen LogP contribution in [0.1, 0.15) is 87.5 Å². The van der Waals surface area contributed by atoms with E-state index >= 15 is 0 Å². The van der Waals surface area contributed by atoms with Crippen LogP contribution >= 0.6 is 35.4 Å². The number of aromatic hydroxyl groups is 1. The van der Waals surface area contributed by atoms with E-state index in [1.165, 1.54) is 37.6 Å². The molecule has 0 bridgehead atoms. The van der Waals surface area contributed by atoms with Crippen molar-refractivity contribution in [3.63, 3.8) is 0 Å². The number of aliphatic hydroxyl groups is 1. The third-order valence-corrected chi connectivity index (χ3v) is 16.1. The number of phenolic OH excluding ortho intramolecular Hbond substituents is 1. The average molecular weight is 1110 g/mol. The van der Waals surface area contributed by atoms with Gasteiger partial charge >= 0.3 is 19.4 Å². The number of thioether (sulfide) groups is 1. The van der Waals surface area contributed by atoms with Crippen molar-refractivity contribution in [3.05, 3.63) is 133 Å². The van der Waals surface area contributed by atoms with Gasteiger partial charge in [0.1, 0.15) is 23.6 Å². The Kier molecular flexibility index (Phi) is 20.3. The van der Waals surface area contributed by atoms with Crippen LogP contribution in [0.3, 0.4) is 0 Å². The number of piperidine rings is 1. The second-order valence-corrected chi connectivity index (χ2v) is 23.3. The molecule has 18 nitrogen and oxygen atoms in total. The number of ether oxygens (including phenoxy) is 2. The summed E-state index contributed by atoms with van der Waals surface area (Å²) in [6.07, 6.45) is 7.84. The topological polar surface area (TPSA) is 240 Å². The zero-order chi connectivity index (χ0) is 53.0. The van der Waals surface area contributed by atoms with Gasteiger partial charge in [0.05, 0.1) is 31.9 Å². The minimum absolute atomic E-state index is 0.0124. The van der Waals surface area contributed by atoms with E-state index < -0.39 is 55.5 Å². The van der Waals surface area contributed by atoms with Gasteiger partial charge in [0.25, 0.3) is 11.5 Å². The number of aromatic amines is 1. The molecule has 1 aliphatic carbocycles. The molecule has 3 aromatic carbocycles. The molecule has 0 spiro atoms. The summed E-state index contributed by atoms with van der Waals surface area (Å²) in [5.74, 6) is 0.874. The molecule has 9 atom stereocenters. The normalized spacial score (nSPS) is 21.8. The molecule has 0 radical (unpaired) electrons. The van der Waals surface area contributed by atoms with Crippen LogP contribution in [0.5, 0.6) is 11.5 Å². The number of aliphatic hydroxyl groups excluding tert-OH is 1. The molecule has 3 heterocycles. The summed E-state index contributed by atoms with van der Waals surface area (Å²) in [5, 5.41) is 30.5. The van der Waals surface area contributed by atoms with Gasteiger partial charge in [-0.1, -0.05) is 65.5 Å². The van der Waals surface area contributed by atoms with Crippen LogP contribution in [0, 0.1) is 25.7 Å². The fourth-order valence-electron chi connectivity index (χ4n) is 8.94. The van der Waals surface area contributed by atoms with Gasteiger partial charge in [0, 0.05) is 56.6 Å². The Morgan fingerprint density at radius 3 is 2.37 bits per heavy atom. The number of carbonyl (C=O) groups excluding carboxylic acids is 3. The molecule has 7 rings (SSSR count). The SMILES string of the molecule is COC(=O)[C@H](C)NP(=O)(OC[C@@H]1C=C[C@H](n2cc(C)c(=O)[nH]c2=O)O1)Oc1ccc(Br)cc1.Cc1c(O)cccc1C(=O)N[C@@H](CSc1ccccc1)[C@H](O)CN1C[C@H]2CCCC[C@H]2C[C@H]1C(=O)NC(C)(C)C. The van der Waals surface area contributed by atoms with Gasteiger partial charge in [-0.15, -0.1) is 11.8 Å². The van der Waals surface area contributed by atoms with Gasteiger partial charge in [-0.3, -0.25) is 38.2 Å². The Bertz CT molecular complexity index is 2720. The van der Waals surface area contributed by atoms with E-state index in [-0.39, 0.29) is 41.5 Å². The lowest BCUT2D eigenvalue weighted by Gasteiger charge is -2.47. The fraction of sp³-hybridized carbons (Fsp3) is 0.481. The molecule has 2 aliphatic heterocycles. The first-order valence-corrected chi connectivity index (χ1v) is 27.7. The number of aryl methyl sites for hydroxylation is 1.